The number of piperidine rings is 1. The van der Waals surface area contributed by atoms with E-state index >= 15 is 0 Å². The normalized spacial score (nSPS) is 18.0. The van der Waals surface area contributed by atoms with E-state index in [2.05, 4.69) is 17.0 Å². The Morgan fingerprint density at radius 2 is 1.88 bits per heavy atom. The molecule has 3 rings (SSSR count). The van der Waals surface area contributed by atoms with E-state index < -0.39 is 0 Å². The predicted octanol–water partition coefficient (Wildman–Crippen LogP) is 3.75. The van der Waals surface area contributed by atoms with Gasteiger partial charge in [0, 0.05) is 12.6 Å². The van der Waals surface area contributed by atoms with Crippen LogP contribution >= 0.6 is 0 Å². The summed E-state index contributed by atoms with van der Waals surface area (Å²) in [5.74, 6) is 1.16. The molecule has 1 aliphatic rings. The van der Waals surface area contributed by atoms with Gasteiger partial charge in [-0.1, -0.05) is 30.7 Å². The summed E-state index contributed by atoms with van der Waals surface area (Å²) >= 11 is 0. The molecule has 0 saturated carbocycles. The van der Waals surface area contributed by atoms with Gasteiger partial charge in [0.25, 0.3) is 0 Å². The van der Waals surface area contributed by atoms with Crippen LogP contribution in [-0.2, 0) is 13.0 Å². The van der Waals surface area contributed by atoms with Crippen molar-refractivity contribution in [3.8, 4) is 11.5 Å². The summed E-state index contributed by atoms with van der Waals surface area (Å²) in [6.45, 7) is 2.46. The third-order valence-corrected chi connectivity index (χ3v) is 5.10. The maximum absolute atomic E-state index is 9.42. The SMILES string of the molecule is OCCOc1cccc(CN2CCCCC2CCc2ccc(O)cc2)c1. The zero-order valence-corrected chi connectivity index (χ0v) is 15.3. The Bertz CT molecular complexity index is 671. The van der Waals surface area contributed by atoms with E-state index in [4.69, 9.17) is 9.84 Å². The van der Waals surface area contributed by atoms with Crippen LogP contribution in [0.3, 0.4) is 0 Å². The number of ether oxygens (including phenoxy) is 1. The monoisotopic (exact) mass is 355 g/mol. The Hall–Kier alpha value is -2.04. The lowest BCUT2D eigenvalue weighted by molar-refractivity contribution is 0.132. The fourth-order valence-corrected chi connectivity index (χ4v) is 3.72. The molecule has 2 aromatic carbocycles. The molecule has 4 nitrogen and oxygen atoms in total. The molecular weight excluding hydrogens is 326 g/mol. The number of likely N-dealkylation sites (tertiary alicyclic amines) is 1. The second kappa shape index (κ2) is 9.60. The van der Waals surface area contributed by atoms with Gasteiger partial charge in [0.1, 0.15) is 18.1 Å². The predicted molar refractivity (Wildman–Crippen MR) is 103 cm³/mol. The number of hydrogen-bond donors (Lipinski definition) is 2. The van der Waals surface area contributed by atoms with E-state index in [1.165, 1.54) is 30.4 Å². The van der Waals surface area contributed by atoms with Gasteiger partial charge in [-0.05, 0) is 67.6 Å². The molecule has 1 unspecified atom stereocenters. The lowest BCUT2D eigenvalue weighted by atomic mass is 9.95. The van der Waals surface area contributed by atoms with Gasteiger partial charge in [-0.3, -0.25) is 4.90 Å². The summed E-state index contributed by atoms with van der Waals surface area (Å²) in [6, 6.07) is 16.4. The highest BCUT2D eigenvalue weighted by molar-refractivity contribution is 5.29. The van der Waals surface area contributed by atoms with Crippen molar-refractivity contribution in [2.75, 3.05) is 19.8 Å². The van der Waals surface area contributed by atoms with Crippen molar-refractivity contribution in [1.82, 2.24) is 4.90 Å². The molecule has 0 aliphatic carbocycles. The molecule has 0 radical (unpaired) electrons. The Morgan fingerprint density at radius 1 is 1.04 bits per heavy atom. The van der Waals surface area contributed by atoms with Gasteiger partial charge in [0.05, 0.1) is 6.61 Å². The van der Waals surface area contributed by atoms with E-state index in [1.807, 2.05) is 24.3 Å². The summed E-state index contributed by atoms with van der Waals surface area (Å²) in [6.07, 6.45) is 6.00. The summed E-state index contributed by atoms with van der Waals surface area (Å²) in [7, 11) is 0. The molecule has 0 bridgehead atoms. The lowest BCUT2D eigenvalue weighted by Gasteiger charge is -2.36. The number of nitrogens with zero attached hydrogens (tertiary/aromatic N) is 1. The van der Waals surface area contributed by atoms with Crippen LogP contribution in [0, 0.1) is 0 Å². The summed E-state index contributed by atoms with van der Waals surface area (Å²) in [5, 5.41) is 18.3. The minimum absolute atomic E-state index is 0.0374. The second-order valence-electron chi connectivity index (χ2n) is 7.04. The number of phenols is 1. The first-order valence-electron chi connectivity index (χ1n) is 9.59. The van der Waals surface area contributed by atoms with Gasteiger partial charge in [-0.25, -0.2) is 0 Å². The Kier molecular flexibility index (Phi) is 6.92. The quantitative estimate of drug-likeness (QED) is 0.757. The van der Waals surface area contributed by atoms with Crippen molar-refractivity contribution in [1.29, 1.82) is 0 Å². The van der Waals surface area contributed by atoms with Crippen molar-refractivity contribution in [2.45, 2.75) is 44.7 Å². The minimum Gasteiger partial charge on any atom is -0.508 e. The van der Waals surface area contributed by atoms with Gasteiger partial charge in [-0.2, -0.15) is 0 Å². The van der Waals surface area contributed by atoms with Crippen molar-refractivity contribution in [2.24, 2.45) is 0 Å². The standard InChI is InChI=1S/C22H29NO3/c24-14-15-26-22-6-3-4-19(16-22)17-23-13-2-1-5-20(23)10-7-18-8-11-21(25)12-9-18/h3-4,6,8-9,11-12,16,20,24-25H,1-2,5,7,10,13-15,17H2. The molecule has 1 aliphatic heterocycles. The molecule has 1 saturated heterocycles. The molecule has 1 heterocycles. The van der Waals surface area contributed by atoms with Crippen molar-refractivity contribution < 1.29 is 14.9 Å². The summed E-state index contributed by atoms with van der Waals surface area (Å²) in [5.41, 5.74) is 2.55. The molecule has 0 amide bonds. The van der Waals surface area contributed by atoms with Crippen LogP contribution in [0.5, 0.6) is 11.5 Å². The first kappa shape index (κ1) is 18.7. The fourth-order valence-electron chi connectivity index (χ4n) is 3.72. The number of hydrogen-bond acceptors (Lipinski definition) is 4. The zero-order chi connectivity index (χ0) is 18.2. The Labute approximate surface area is 156 Å². The number of phenolic OH excluding ortho intramolecular Hbond substituents is 1. The van der Waals surface area contributed by atoms with E-state index in [0.717, 1.165) is 31.7 Å². The largest absolute Gasteiger partial charge is 0.508 e. The number of benzene rings is 2. The minimum atomic E-state index is 0.0374. The molecule has 0 spiro atoms. The molecule has 4 heteroatoms. The summed E-state index contributed by atoms with van der Waals surface area (Å²) < 4.78 is 5.54. The number of aryl methyl sites for hydroxylation is 1. The maximum Gasteiger partial charge on any atom is 0.119 e. The highest BCUT2D eigenvalue weighted by Crippen LogP contribution is 2.25. The van der Waals surface area contributed by atoms with Gasteiger partial charge < -0.3 is 14.9 Å². The number of aliphatic hydroxyl groups excluding tert-OH is 1. The molecule has 0 aromatic heterocycles. The van der Waals surface area contributed by atoms with E-state index in [1.54, 1.807) is 12.1 Å². The number of aromatic hydroxyl groups is 1. The summed E-state index contributed by atoms with van der Waals surface area (Å²) in [4.78, 5) is 2.59. The molecule has 2 aromatic rings. The maximum atomic E-state index is 9.42. The highest BCUT2D eigenvalue weighted by atomic mass is 16.5. The van der Waals surface area contributed by atoms with Gasteiger partial charge in [0.15, 0.2) is 0 Å². The van der Waals surface area contributed by atoms with E-state index in [9.17, 15) is 5.11 Å². The Balaban J connectivity index is 1.58. The number of aliphatic hydroxyl groups is 1. The zero-order valence-electron chi connectivity index (χ0n) is 15.3. The molecule has 1 atom stereocenters. The number of rotatable bonds is 8. The van der Waals surface area contributed by atoms with Crippen LogP contribution in [0.1, 0.15) is 36.8 Å². The van der Waals surface area contributed by atoms with Crippen LogP contribution in [0.2, 0.25) is 0 Å². The van der Waals surface area contributed by atoms with Crippen LogP contribution in [0.15, 0.2) is 48.5 Å². The smallest absolute Gasteiger partial charge is 0.119 e. The van der Waals surface area contributed by atoms with E-state index in [-0.39, 0.29) is 6.61 Å². The molecule has 1 fully saturated rings. The van der Waals surface area contributed by atoms with Gasteiger partial charge >= 0.3 is 0 Å². The average Bonchev–Trinajstić information content (AvgIpc) is 2.67. The third-order valence-electron chi connectivity index (χ3n) is 5.10. The highest BCUT2D eigenvalue weighted by Gasteiger charge is 2.22. The first-order valence-corrected chi connectivity index (χ1v) is 9.59. The van der Waals surface area contributed by atoms with Crippen molar-refractivity contribution in [3.63, 3.8) is 0 Å². The Morgan fingerprint density at radius 3 is 2.69 bits per heavy atom. The van der Waals surface area contributed by atoms with Crippen LogP contribution < -0.4 is 4.74 Å². The molecular formula is C22H29NO3. The fraction of sp³-hybridized carbons (Fsp3) is 0.455. The molecule has 26 heavy (non-hydrogen) atoms. The van der Waals surface area contributed by atoms with Crippen molar-refractivity contribution in [3.05, 3.63) is 59.7 Å². The van der Waals surface area contributed by atoms with Crippen LogP contribution in [-0.4, -0.2) is 40.9 Å². The average molecular weight is 355 g/mol. The molecule has 2 N–H and O–H groups in total. The first-order chi connectivity index (χ1) is 12.7. The lowest BCUT2D eigenvalue weighted by Crippen LogP contribution is -2.39. The topological polar surface area (TPSA) is 52.9 Å². The van der Waals surface area contributed by atoms with Crippen molar-refractivity contribution >= 4 is 0 Å². The van der Waals surface area contributed by atoms with Gasteiger partial charge in [-0.15, -0.1) is 0 Å². The molecule has 140 valence electrons. The van der Waals surface area contributed by atoms with E-state index in [0.29, 0.717) is 18.4 Å². The van der Waals surface area contributed by atoms with Crippen LogP contribution in [0.4, 0.5) is 0 Å². The van der Waals surface area contributed by atoms with Gasteiger partial charge in [0.2, 0.25) is 0 Å². The second-order valence-corrected chi connectivity index (χ2v) is 7.04. The third kappa shape index (κ3) is 5.48. The van der Waals surface area contributed by atoms with Crippen LogP contribution in [0.25, 0.3) is 0 Å².